The van der Waals surface area contributed by atoms with Gasteiger partial charge in [0.1, 0.15) is 5.75 Å². The van der Waals surface area contributed by atoms with E-state index < -0.39 is 0 Å². The summed E-state index contributed by atoms with van der Waals surface area (Å²) < 4.78 is 6.42. The lowest BCUT2D eigenvalue weighted by Gasteiger charge is -2.06. The summed E-state index contributed by atoms with van der Waals surface area (Å²) in [6.07, 6.45) is 4.34. The van der Waals surface area contributed by atoms with Crippen LogP contribution in [0.2, 0.25) is 0 Å². The number of nitrogens with zero attached hydrogens (tertiary/aromatic N) is 4. The van der Waals surface area contributed by atoms with E-state index in [-0.39, 0.29) is 11.7 Å². The fourth-order valence-electron chi connectivity index (χ4n) is 2.60. The third kappa shape index (κ3) is 5.36. The molecule has 1 aliphatic rings. The minimum atomic E-state index is -0.112. The van der Waals surface area contributed by atoms with Crippen LogP contribution >= 0.6 is 11.8 Å². The Morgan fingerprint density at radius 3 is 2.74 bits per heavy atom. The van der Waals surface area contributed by atoms with Gasteiger partial charge in [-0.3, -0.25) is 4.79 Å². The smallest absolute Gasteiger partial charge is 0.264 e. The second-order valence-corrected chi connectivity index (χ2v) is 7.03. The predicted octanol–water partition coefficient (Wildman–Crippen LogP) is 1.75. The third-order valence-electron chi connectivity index (χ3n) is 4.14. The molecule has 1 aliphatic carbocycles. The van der Waals surface area contributed by atoms with Gasteiger partial charge in [0.05, 0.1) is 12.9 Å². The number of nitrogen functional groups attached to an aromatic ring is 1. The molecule has 0 bridgehead atoms. The van der Waals surface area contributed by atoms with Crippen LogP contribution in [0.15, 0.2) is 34.5 Å². The average Bonchev–Trinajstić information content (AvgIpc) is 3.33. The highest BCUT2D eigenvalue weighted by atomic mass is 32.2. The lowest BCUT2D eigenvalue weighted by Crippen LogP contribution is -2.25. The number of benzene rings is 1. The molecule has 1 amide bonds. The van der Waals surface area contributed by atoms with Crippen molar-refractivity contribution < 1.29 is 9.53 Å². The maximum Gasteiger partial charge on any atom is 0.264 e. The number of aromatic nitrogens is 3. The molecule has 1 aromatic carbocycles. The van der Waals surface area contributed by atoms with Gasteiger partial charge < -0.3 is 15.9 Å². The standard InChI is InChI=1S/C17H23N7O2S/c1-26-14-8-6-12(7-9-14)10-19-15(25)11-27-17-23-22-16(24(17)18)21-20-13-4-2-3-5-13/h6-9H,2-5,10-11,18H2,1H3,(H,19,25)(H,21,22). The molecule has 10 heteroatoms. The fourth-order valence-corrected chi connectivity index (χ4v) is 3.29. The molecule has 3 rings (SSSR count). The molecule has 9 nitrogen and oxygen atoms in total. The van der Waals surface area contributed by atoms with Crippen LogP contribution in [-0.4, -0.2) is 39.4 Å². The number of ether oxygens (including phenoxy) is 1. The Hall–Kier alpha value is -2.75. The van der Waals surface area contributed by atoms with Gasteiger partial charge in [0.25, 0.3) is 5.95 Å². The Labute approximate surface area is 161 Å². The van der Waals surface area contributed by atoms with E-state index in [1.807, 2.05) is 24.3 Å². The predicted molar refractivity (Wildman–Crippen MR) is 105 cm³/mol. The number of anilines is 1. The number of nitrogens with two attached hydrogens (primary N) is 1. The minimum Gasteiger partial charge on any atom is -0.497 e. The lowest BCUT2D eigenvalue weighted by molar-refractivity contribution is -0.118. The fraction of sp³-hybridized carbons (Fsp3) is 0.412. The van der Waals surface area contributed by atoms with Crippen LogP contribution in [0.25, 0.3) is 0 Å². The van der Waals surface area contributed by atoms with Gasteiger partial charge in [-0.2, -0.15) is 5.10 Å². The Bertz CT molecular complexity index is 796. The zero-order chi connectivity index (χ0) is 19.1. The number of methoxy groups -OCH3 is 1. The number of hydrogen-bond donors (Lipinski definition) is 3. The molecule has 0 spiro atoms. The zero-order valence-corrected chi connectivity index (χ0v) is 16.0. The van der Waals surface area contributed by atoms with Crippen molar-refractivity contribution >= 4 is 29.3 Å². The lowest BCUT2D eigenvalue weighted by atomic mass is 10.2. The first kappa shape index (κ1) is 19.0. The molecule has 0 atom stereocenters. The molecule has 1 aromatic heterocycles. The number of carbonyl (C=O) groups excluding carboxylic acids is 1. The summed E-state index contributed by atoms with van der Waals surface area (Å²) in [6.45, 7) is 0.447. The maximum absolute atomic E-state index is 12.0. The second kappa shape index (κ2) is 9.26. The van der Waals surface area contributed by atoms with Gasteiger partial charge in [0.2, 0.25) is 11.1 Å². The molecular weight excluding hydrogens is 366 g/mol. The number of amides is 1. The molecule has 1 saturated carbocycles. The van der Waals surface area contributed by atoms with E-state index in [2.05, 4.69) is 26.0 Å². The van der Waals surface area contributed by atoms with E-state index in [4.69, 9.17) is 10.6 Å². The molecule has 0 aliphatic heterocycles. The number of hydrogen-bond acceptors (Lipinski definition) is 8. The van der Waals surface area contributed by atoms with Crippen molar-refractivity contribution in [3.63, 3.8) is 0 Å². The molecule has 27 heavy (non-hydrogen) atoms. The summed E-state index contributed by atoms with van der Waals surface area (Å²) in [7, 11) is 1.62. The Kier molecular flexibility index (Phi) is 6.53. The van der Waals surface area contributed by atoms with Gasteiger partial charge in [-0.15, -0.1) is 10.2 Å². The van der Waals surface area contributed by atoms with Gasteiger partial charge in [-0.25, -0.2) is 10.1 Å². The molecule has 1 heterocycles. The van der Waals surface area contributed by atoms with Gasteiger partial charge in [0.15, 0.2) is 0 Å². The largest absolute Gasteiger partial charge is 0.497 e. The summed E-state index contributed by atoms with van der Waals surface area (Å²) in [5.74, 6) is 7.18. The molecule has 0 unspecified atom stereocenters. The van der Waals surface area contributed by atoms with Crippen LogP contribution in [-0.2, 0) is 11.3 Å². The first-order valence-corrected chi connectivity index (χ1v) is 9.68. The monoisotopic (exact) mass is 389 g/mol. The molecular formula is C17H23N7O2S. The number of nitrogens with one attached hydrogen (secondary N) is 2. The van der Waals surface area contributed by atoms with E-state index in [0.29, 0.717) is 17.6 Å². The Balaban J connectivity index is 1.44. The third-order valence-corrected chi connectivity index (χ3v) is 5.08. The van der Waals surface area contributed by atoms with Crippen molar-refractivity contribution in [3.8, 4) is 5.75 Å². The van der Waals surface area contributed by atoms with Crippen molar-refractivity contribution in [1.82, 2.24) is 20.2 Å². The van der Waals surface area contributed by atoms with Gasteiger partial charge in [-0.1, -0.05) is 23.9 Å². The Morgan fingerprint density at radius 1 is 1.30 bits per heavy atom. The van der Waals surface area contributed by atoms with E-state index in [0.717, 1.165) is 29.9 Å². The van der Waals surface area contributed by atoms with Crippen LogP contribution in [0.5, 0.6) is 5.75 Å². The second-order valence-electron chi connectivity index (χ2n) is 6.09. The molecule has 0 radical (unpaired) electrons. The summed E-state index contributed by atoms with van der Waals surface area (Å²) >= 11 is 1.22. The average molecular weight is 389 g/mol. The van der Waals surface area contributed by atoms with Crippen molar-refractivity contribution in [1.29, 1.82) is 0 Å². The first-order chi connectivity index (χ1) is 13.2. The van der Waals surface area contributed by atoms with Crippen LogP contribution in [0.3, 0.4) is 0 Å². The van der Waals surface area contributed by atoms with Gasteiger partial charge in [0, 0.05) is 12.3 Å². The quantitative estimate of drug-likeness (QED) is 0.357. The van der Waals surface area contributed by atoms with Gasteiger partial charge in [-0.05, 0) is 43.4 Å². The van der Waals surface area contributed by atoms with Crippen molar-refractivity contribution in [3.05, 3.63) is 29.8 Å². The van der Waals surface area contributed by atoms with Crippen molar-refractivity contribution in [2.45, 2.75) is 37.4 Å². The molecule has 2 aromatic rings. The van der Waals surface area contributed by atoms with Crippen LogP contribution in [0.4, 0.5) is 5.95 Å². The van der Waals surface area contributed by atoms with E-state index in [1.54, 1.807) is 7.11 Å². The summed E-state index contributed by atoms with van der Waals surface area (Å²) in [5.41, 5.74) is 4.96. The van der Waals surface area contributed by atoms with E-state index in [1.165, 1.54) is 29.3 Å². The van der Waals surface area contributed by atoms with E-state index >= 15 is 0 Å². The highest BCUT2D eigenvalue weighted by Crippen LogP contribution is 2.18. The highest BCUT2D eigenvalue weighted by Gasteiger charge is 2.13. The van der Waals surface area contributed by atoms with Gasteiger partial charge >= 0.3 is 0 Å². The number of hydrazone groups is 1. The highest BCUT2D eigenvalue weighted by molar-refractivity contribution is 7.99. The minimum absolute atomic E-state index is 0.112. The summed E-state index contributed by atoms with van der Waals surface area (Å²) in [6, 6.07) is 7.53. The normalized spacial score (nSPS) is 13.4. The van der Waals surface area contributed by atoms with Crippen molar-refractivity contribution in [2.24, 2.45) is 5.10 Å². The maximum atomic E-state index is 12.0. The number of carbonyl (C=O) groups is 1. The van der Waals surface area contributed by atoms with Crippen LogP contribution in [0.1, 0.15) is 31.2 Å². The van der Waals surface area contributed by atoms with Crippen LogP contribution in [0, 0.1) is 0 Å². The first-order valence-electron chi connectivity index (χ1n) is 8.70. The summed E-state index contributed by atoms with van der Waals surface area (Å²) in [4.78, 5) is 12.0. The topological polar surface area (TPSA) is 119 Å². The molecule has 1 fully saturated rings. The van der Waals surface area contributed by atoms with E-state index in [9.17, 15) is 4.79 Å². The summed E-state index contributed by atoms with van der Waals surface area (Å²) in [5, 5.41) is 15.6. The molecule has 4 N–H and O–H groups in total. The Morgan fingerprint density at radius 2 is 2.04 bits per heavy atom. The van der Waals surface area contributed by atoms with Crippen LogP contribution < -0.4 is 21.3 Å². The van der Waals surface area contributed by atoms with Crippen molar-refractivity contribution in [2.75, 3.05) is 24.1 Å². The number of rotatable bonds is 8. The zero-order valence-electron chi connectivity index (χ0n) is 15.1. The number of thioether (sulfide) groups is 1. The SMILES string of the molecule is COc1ccc(CNC(=O)CSc2nnc(NN=C3CCCC3)n2N)cc1. The molecule has 0 saturated heterocycles. The molecule has 144 valence electrons.